The highest BCUT2D eigenvalue weighted by atomic mass is 127. The molecule has 5 nitrogen and oxygen atoms in total. The number of fused-ring (bicyclic) bond motifs is 1. The molecule has 144 valence electrons. The standard InChI is InChI=1S/C20H30N4O.HI/c1-2-21-20(24-14-17-10-6-7-11-18(17)15-24)23-13-12-22-19(25)16-8-4-3-5-9-16;/h3-5,8-9,17-18H,2,6-7,10-15H2,1H3,(H,21,23)(H,22,25);1H. The molecule has 1 aromatic carbocycles. The van der Waals surface area contributed by atoms with Gasteiger partial charge in [-0.15, -0.1) is 24.0 Å². The maximum atomic E-state index is 12.1. The molecule has 1 aliphatic carbocycles. The number of nitrogens with zero attached hydrogens (tertiary/aromatic N) is 2. The zero-order valence-corrected chi connectivity index (χ0v) is 17.9. The van der Waals surface area contributed by atoms with E-state index in [9.17, 15) is 4.79 Å². The quantitative estimate of drug-likeness (QED) is 0.301. The fraction of sp³-hybridized carbons (Fsp3) is 0.600. The molecule has 1 aliphatic heterocycles. The minimum absolute atomic E-state index is 0. The minimum atomic E-state index is -0.0343. The van der Waals surface area contributed by atoms with Crippen LogP contribution in [0.3, 0.4) is 0 Å². The van der Waals surface area contributed by atoms with Crippen LogP contribution < -0.4 is 10.6 Å². The number of guanidine groups is 1. The normalized spacial score (nSPS) is 22.3. The zero-order chi connectivity index (χ0) is 17.5. The van der Waals surface area contributed by atoms with Crippen molar-refractivity contribution in [3.05, 3.63) is 35.9 Å². The fourth-order valence-corrected chi connectivity index (χ4v) is 4.03. The van der Waals surface area contributed by atoms with Crippen LogP contribution in [0.5, 0.6) is 0 Å². The Morgan fingerprint density at radius 3 is 2.38 bits per heavy atom. The second-order valence-electron chi connectivity index (χ2n) is 7.07. The third-order valence-corrected chi connectivity index (χ3v) is 5.31. The largest absolute Gasteiger partial charge is 0.357 e. The summed E-state index contributed by atoms with van der Waals surface area (Å²) < 4.78 is 0. The van der Waals surface area contributed by atoms with Crippen molar-refractivity contribution in [3.63, 3.8) is 0 Å². The molecule has 0 aromatic heterocycles. The van der Waals surface area contributed by atoms with E-state index < -0.39 is 0 Å². The molecular weight excluding hydrogens is 439 g/mol. The van der Waals surface area contributed by atoms with Crippen LogP contribution >= 0.6 is 24.0 Å². The zero-order valence-electron chi connectivity index (χ0n) is 15.6. The molecule has 6 heteroatoms. The van der Waals surface area contributed by atoms with Gasteiger partial charge in [0.1, 0.15) is 0 Å². The number of likely N-dealkylation sites (tertiary alicyclic amines) is 1. The summed E-state index contributed by atoms with van der Waals surface area (Å²) in [5.41, 5.74) is 0.696. The van der Waals surface area contributed by atoms with E-state index >= 15 is 0 Å². The summed E-state index contributed by atoms with van der Waals surface area (Å²) in [4.78, 5) is 19.2. The molecule has 1 saturated heterocycles. The molecule has 0 spiro atoms. The molecule has 2 unspecified atom stereocenters. The Morgan fingerprint density at radius 2 is 1.77 bits per heavy atom. The SMILES string of the molecule is CCNC(=NCCNC(=O)c1ccccc1)N1CC2CCCCC2C1.I. The van der Waals surface area contributed by atoms with Crippen LogP contribution in [0.1, 0.15) is 43.0 Å². The topological polar surface area (TPSA) is 56.7 Å². The van der Waals surface area contributed by atoms with Gasteiger partial charge in [-0.05, 0) is 43.7 Å². The Balaban J connectivity index is 0.00000243. The smallest absolute Gasteiger partial charge is 0.251 e. The van der Waals surface area contributed by atoms with Crippen LogP contribution in [0, 0.1) is 11.8 Å². The van der Waals surface area contributed by atoms with Crippen molar-refractivity contribution in [2.24, 2.45) is 16.8 Å². The molecule has 1 heterocycles. The molecule has 2 aliphatic rings. The van der Waals surface area contributed by atoms with Gasteiger partial charge in [0.2, 0.25) is 0 Å². The lowest BCUT2D eigenvalue weighted by molar-refractivity contribution is 0.0955. The molecule has 2 N–H and O–H groups in total. The number of hydrogen-bond acceptors (Lipinski definition) is 2. The minimum Gasteiger partial charge on any atom is -0.357 e. The van der Waals surface area contributed by atoms with E-state index in [1.807, 2.05) is 30.3 Å². The maximum absolute atomic E-state index is 12.1. The van der Waals surface area contributed by atoms with Gasteiger partial charge in [-0.2, -0.15) is 0 Å². The number of carbonyl (C=O) groups excluding carboxylic acids is 1. The van der Waals surface area contributed by atoms with Crippen LogP contribution in [0.15, 0.2) is 35.3 Å². The molecule has 3 rings (SSSR count). The number of amides is 1. The summed E-state index contributed by atoms with van der Waals surface area (Å²) in [5, 5.41) is 6.36. The third kappa shape index (κ3) is 5.59. The number of halogens is 1. The van der Waals surface area contributed by atoms with Crippen LogP contribution in [-0.4, -0.2) is 49.5 Å². The lowest BCUT2D eigenvalue weighted by atomic mass is 9.82. The predicted molar refractivity (Wildman–Crippen MR) is 117 cm³/mol. The lowest BCUT2D eigenvalue weighted by Crippen LogP contribution is -2.41. The van der Waals surface area contributed by atoms with Crippen LogP contribution in [0.2, 0.25) is 0 Å². The van der Waals surface area contributed by atoms with Gasteiger partial charge in [0.05, 0.1) is 6.54 Å². The van der Waals surface area contributed by atoms with Crippen LogP contribution in [-0.2, 0) is 0 Å². The molecule has 26 heavy (non-hydrogen) atoms. The molecule has 1 saturated carbocycles. The van der Waals surface area contributed by atoms with Crippen molar-refractivity contribution in [3.8, 4) is 0 Å². The van der Waals surface area contributed by atoms with Crippen molar-refractivity contribution >= 4 is 35.8 Å². The average Bonchev–Trinajstić information content (AvgIpc) is 3.09. The van der Waals surface area contributed by atoms with Crippen LogP contribution in [0.4, 0.5) is 0 Å². The summed E-state index contributed by atoms with van der Waals surface area (Å²) in [6, 6.07) is 9.33. The maximum Gasteiger partial charge on any atom is 0.251 e. The molecule has 0 bridgehead atoms. The summed E-state index contributed by atoms with van der Waals surface area (Å²) in [7, 11) is 0. The number of carbonyl (C=O) groups is 1. The van der Waals surface area contributed by atoms with E-state index in [2.05, 4.69) is 22.5 Å². The van der Waals surface area contributed by atoms with E-state index in [1.165, 1.54) is 25.7 Å². The molecule has 1 aromatic rings. The van der Waals surface area contributed by atoms with Gasteiger partial charge in [0, 0.05) is 31.7 Å². The number of aliphatic imine (C=N–C) groups is 1. The highest BCUT2D eigenvalue weighted by molar-refractivity contribution is 14.0. The monoisotopic (exact) mass is 470 g/mol. The van der Waals surface area contributed by atoms with Gasteiger partial charge >= 0.3 is 0 Å². The van der Waals surface area contributed by atoms with Crippen molar-refractivity contribution < 1.29 is 4.79 Å². The number of hydrogen-bond donors (Lipinski definition) is 2. The Labute approximate surface area is 174 Å². The van der Waals surface area contributed by atoms with E-state index in [0.717, 1.165) is 37.4 Å². The molecule has 2 atom stereocenters. The van der Waals surface area contributed by atoms with E-state index in [-0.39, 0.29) is 29.9 Å². The predicted octanol–water partition coefficient (Wildman–Crippen LogP) is 3.12. The summed E-state index contributed by atoms with van der Waals surface area (Å²) in [5.74, 6) is 2.66. The Hall–Kier alpha value is -1.31. The Morgan fingerprint density at radius 1 is 1.12 bits per heavy atom. The van der Waals surface area contributed by atoms with Gasteiger partial charge in [-0.25, -0.2) is 0 Å². The van der Waals surface area contributed by atoms with Crippen molar-refractivity contribution in [2.75, 3.05) is 32.7 Å². The van der Waals surface area contributed by atoms with Gasteiger partial charge in [-0.3, -0.25) is 9.79 Å². The Bertz CT molecular complexity index is 579. The summed E-state index contributed by atoms with van der Waals surface area (Å²) >= 11 is 0. The summed E-state index contributed by atoms with van der Waals surface area (Å²) in [6.45, 7) is 6.41. The van der Waals surface area contributed by atoms with Gasteiger partial charge < -0.3 is 15.5 Å². The first-order chi connectivity index (χ1) is 12.3. The van der Waals surface area contributed by atoms with E-state index in [4.69, 9.17) is 4.99 Å². The highest BCUT2D eigenvalue weighted by Gasteiger charge is 2.35. The van der Waals surface area contributed by atoms with Gasteiger partial charge in [0.25, 0.3) is 5.91 Å². The highest BCUT2D eigenvalue weighted by Crippen LogP contribution is 2.35. The van der Waals surface area contributed by atoms with Crippen molar-refractivity contribution in [1.29, 1.82) is 0 Å². The van der Waals surface area contributed by atoms with Gasteiger partial charge in [0.15, 0.2) is 5.96 Å². The fourth-order valence-electron chi connectivity index (χ4n) is 4.03. The van der Waals surface area contributed by atoms with E-state index in [0.29, 0.717) is 18.7 Å². The molecular formula is C20H31IN4O. The average molecular weight is 470 g/mol. The van der Waals surface area contributed by atoms with Gasteiger partial charge in [-0.1, -0.05) is 31.0 Å². The molecule has 0 radical (unpaired) electrons. The second kappa shape index (κ2) is 10.7. The molecule has 2 fully saturated rings. The van der Waals surface area contributed by atoms with Crippen molar-refractivity contribution in [2.45, 2.75) is 32.6 Å². The summed E-state index contributed by atoms with van der Waals surface area (Å²) in [6.07, 6.45) is 5.50. The first-order valence-electron chi connectivity index (χ1n) is 9.64. The first-order valence-corrected chi connectivity index (χ1v) is 9.64. The van der Waals surface area contributed by atoms with Crippen LogP contribution in [0.25, 0.3) is 0 Å². The molecule has 1 amide bonds. The van der Waals surface area contributed by atoms with E-state index in [1.54, 1.807) is 0 Å². The number of nitrogens with one attached hydrogen (secondary N) is 2. The first kappa shape index (κ1) is 21.0. The number of benzene rings is 1. The Kier molecular flexibility index (Phi) is 8.68. The third-order valence-electron chi connectivity index (χ3n) is 5.31. The van der Waals surface area contributed by atoms with Crippen molar-refractivity contribution in [1.82, 2.24) is 15.5 Å². The lowest BCUT2D eigenvalue weighted by Gasteiger charge is -2.22. The number of rotatable bonds is 5. The second-order valence-corrected chi connectivity index (χ2v) is 7.07.